The zero-order valence-electron chi connectivity index (χ0n) is 13.6. The normalized spacial score (nSPS) is 11.3. The van der Waals surface area contributed by atoms with E-state index in [9.17, 15) is 4.39 Å². The molecule has 0 amide bonds. The van der Waals surface area contributed by atoms with Gasteiger partial charge in [-0.25, -0.2) is 4.39 Å². The van der Waals surface area contributed by atoms with Crippen molar-refractivity contribution in [2.75, 3.05) is 18.4 Å². The van der Waals surface area contributed by atoms with Crippen LogP contribution in [-0.4, -0.2) is 30.3 Å². The molecule has 0 aliphatic heterocycles. The van der Waals surface area contributed by atoms with Gasteiger partial charge < -0.3 is 15.5 Å². The van der Waals surface area contributed by atoms with Crippen LogP contribution in [0.4, 0.5) is 10.1 Å². The van der Waals surface area contributed by atoms with E-state index in [2.05, 4.69) is 38.3 Å². The Kier molecular flexibility index (Phi) is 7.05. The summed E-state index contributed by atoms with van der Waals surface area (Å²) in [6, 6.07) is 6.19. The summed E-state index contributed by atoms with van der Waals surface area (Å²) in [5.74, 6) is -0.224. The molecule has 0 aromatic heterocycles. The number of halogens is 1. The number of nitrogens with one attached hydrogen (secondary N) is 3. The van der Waals surface area contributed by atoms with Crippen molar-refractivity contribution in [2.24, 2.45) is 0 Å². The van der Waals surface area contributed by atoms with Crippen LogP contribution in [-0.2, 0) is 0 Å². The number of hydrogen-bond acceptors (Lipinski definition) is 1. The van der Waals surface area contributed by atoms with E-state index in [1.54, 1.807) is 13.0 Å². The van der Waals surface area contributed by atoms with Gasteiger partial charge in [0.15, 0.2) is 5.11 Å². The number of thiocarbonyl (C=S) groups is 1. The number of anilines is 1. The highest BCUT2D eigenvalue weighted by atomic mass is 32.1. The van der Waals surface area contributed by atoms with Gasteiger partial charge in [-0.1, -0.05) is 6.07 Å². The summed E-state index contributed by atoms with van der Waals surface area (Å²) >= 11 is 5.24. The largest absolute Gasteiger partial charge is 0.357 e. The van der Waals surface area contributed by atoms with Crippen molar-refractivity contribution in [2.45, 2.75) is 46.7 Å². The predicted octanol–water partition coefficient (Wildman–Crippen LogP) is 2.12. The first kappa shape index (κ1) is 17.9. The third-order valence-corrected chi connectivity index (χ3v) is 3.86. The first-order valence-corrected chi connectivity index (χ1v) is 7.88. The van der Waals surface area contributed by atoms with Gasteiger partial charge in [0.25, 0.3) is 0 Å². The molecule has 0 aliphatic carbocycles. The van der Waals surface area contributed by atoms with Crippen LogP contribution >= 0.6 is 12.2 Å². The lowest BCUT2D eigenvalue weighted by Gasteiger charge is -2.27. The summed E-state index contributed by atoms with van der Waals surface area (Å²) in [4.78, 5) is 1.53. The minimum Gasteiger partial charge on any atom is -0.357 e. The minimum absolute atomic E-state index is 0.224. The Balaban J connectivity index is 2.42. The third-order valence-electron chi connectivity index (χ3n) is 3.61. The van der Waals surface area contributed by atoms with Gasteiger partial charge in [0, 0.05) is 5.69 Å². The number of quaternary nitrogens is 1. The van der Waals surface area contributed by atoms with Gasteiger partial charge in [-0.15, -0.1) is 0 Å². The SMILES string of the molecule is Cc1ccc(NC(=S)NCC[NH+](C(C)C)C(C)C)cc1F. The molecule has 0 heterocycles. The lowest BCUT2D eigenvalue weighted by Crippen LogP contribution is -3.18. The Morgan fingerprint density at radius 3 is 2.38 bits per heavy atom. The maximum absolute atomic E-state index is 13.5. The molecule has 118 valence electrons. The first-order valence-electron chi connectivity index (χ1n) is 7.47. The Bertz CT molecular complexity index is 467. The van der Waals surface area contributed by atoms with Crippen LogP contribution in [0.5, 0.6) is 0 Å². The summed E-state index contributed by atoms with van der Waals surface area (Å²) < 4.78 is 13.5. The van der Waals surface area contributed by atoms with E-state index >= 15 is 0 Å². The topological polar surface area (TPSA) is 28.5 Å². The van der Waals surface area contributed by atoms with E-state index < -0.39 is 0 Å². The number of rotatable bonds is 6. The molecule has 0 radical (unpaired) electrons. The summed E-state index contributed by atoms with van der Waals surface area (Å²) in [6.45, 7) is 12.4. The van der Waals surface area contributed by atoms with E-state index in [0.717, 1.165) is 13.1 Å². The molecule has 0 aliphatic rings. The average molecular weight is 312 g/mol. The molecular formula is C16H27FN3S+. The summed E-state index contributed by atoms with van der Waals surface area (Å²) in [5.41, 5.74) is 1.31. The molecule has 5 heteroatoms. The number of benzene rings is 1. The zero-order valence-corrected chi connectivity index (χ0v) is 14.4. The van der Waals surface area contributed by atoms with Gasteiger partial charge in [0.2, 0.25) is 0 Å². The molecule has 1 aromatic carbocycles. The Morgan fingerprint density at radius 2 is 1.86 bits per heavy atom. The van der Waals surface area contributed by atoms with E-state index in [-0.39, 0.29) is 5.82 Å². The molecule has 0 saturated carbocycles. The van der Waals surface area contributed by atoms with Crippen molar-refractivity contribution < 1.29 is 9.29 Å². The van der Waals surface area contributed by atoms with E-state index in [4.69, 9.17) is 12.2 Å². The van der Waals surface area contributed by atoms with Crippen molar-refractivity contribution in [3.63, 3.8) is 0 Å². The number of hydrogen-bond donors (Lipinski definition) is 3. The molecule has 0 spiro atoms. The van der Waals surface area contributed by atoms with Crippen LogP contribution in [0.1, 0.15) is 33.3 Å². The van der Waals surface area contributed by atoms with Crippen molar-refractivity contribution >= 4 is 23.0 Å². The van der Waals surface area contributed by atoms with Gasteiger partial charge in [-0.3, -0.25) is 0 Å². The summed E-state index contributed by atoms with van der Waals surface area (Å²) in [5, 5.41) is 6.73. The highest BCUT2D eigenvalue weighted by molar-refractivity contribution is 7.80. The molecule has 0 saturated heterocycles. The zero-order chi connectivity index (χ0) is 16.0. The highest BCUT2D eigenvalue weighted by Gasteiger charge is 2.16. The standard InChI is InChI=1S/C16H26FN3S/c1-11(2)20(12(3)4)9-8-18-16(21)19-14-7-6-13(5)15(17)10-14/h6-7,10-12H,8-9H2,1-5H3,(H2,18,19,21)/p+1. The Hall–Kier alpha value is -1.20. The fourth-order valence-electron chi connectivity index (χ4n) is 2.41. The second kappa shape index (κ2) is 8.29. The van der Waals surface area contributed by atoms with E-state index in [0.29, 0.717) is 28.4 Å². The molecule has 0 atom stereocenters. The van der Waals surface area contributed by atoms with Crippen molar-refractivity contribution in [3.05, 3.63) is 29.6 Å². The van der Waals surface area contributed by atoms with Crippen LogP contribution in [0.15, 0.2) is 18.2 Å². The quantitative estimate of drug-likeness (QED) is 0.703. The fourth-order valence-corrected chi connectivity index (χ4v) is 2.63. The maximum atomic E-state index is 13.5. The molecule has 0 fully saturated rings. The van der Waals surface area contributed by atoms with Gasteiger partial charge >= 0.3 is 0 Å². The maximum Gasteiger partial charge on any atom is 0.170 e. The van der Waals surface area contributed by atoms with Crippen LogP contribution in [0.2, 0.25) is 0 Å². The van der Waals surface area contributed by atoms with Gasteiger partial charge in [0.05, 0.1) is 25.2 Å². The van der Waals surface area contributed by atoms with Crippen molar-refractivity contribution in [1.82, 2.24) is 5.32 Å². The fraction of sp³-hybridized carbons (Fsp3) is 0.562. The summed E-state index contributed by atoms with van der Waals surface area (Å²) in [6.07, 6.45) is 0. The monoisotopic (exact) mass is 312 g/mol. The van der Waals surface area contributed by atoms with Gasteiger partial charge in [0.1, 0.15) is 5.82 Å². The van der Waals surface area contributed by atoms with E-state index in [1.807, 2.05) is 6.07 Å². The Morgan fingerprint density at radius 1 is 1.24 bits per heavy atom. The second-order valence-corrected chi connectivity index (χ2v) is 6.39. The summed E-state index contributed by atoms with van der Waals surface area (Å²) in [7, 11) is 0. The van der Waals surface area contributed by atoms with Gasteiger partial charge in [-0.05, 0) is 64.5 Å². The second-order valence-electron chi connectivity index (χ2n) is 5.98. The molecular weight excluding hydrogens is 285 g/mol. The third kappa shape index (κ3) is 5.98. The van der Waals surface area contributed by atoms with Crippen LogP contribution in [0, 0.1) is 12.7 Å². The Labute approximate surface area is 132 Å². The molecule has 1 aromatic rings. The smallest absolute Gasteiger partial charge is 0.170 e. The molecule has 3 N–H and O–H groups in total. The molecule has 0 bridgehead atoms. The van der Waals surface area contributed by atoms with E-state index in [1.165, 1.54) is 11.0 Å². The van der Waals surface area contributed by atoms with Crippen LogP contribution < -0.4 is 15.5 Å². The predicted molar refractivity (Wildman–Crippen MR) is 91.5 cm³/mol. The first-order chi connectivity index (χ1) is 9.81. The molecule has 21 heavy (non-hydrogen) atoms. The molecule has 1 rings (SSSR count). The molecule has 3 nitrogen and oxygen atoms in total. The lowest BCUT2D eigenvalue weighted by atomic mass is 10.2. The van der Waals surface area contributed by atoms with Crippen LogP contribution in [0.25, 0.3) is 0 Å². The van der Waals surface area contributed by atoms with Crippen LogP contribution in [0.3, 0.4) is 0 Å². The molecule has 0 unspecified atom stereocenters. The number of aryl methyl sites for hydroxylation is 1. The lowest BCUT2D eigenvalue weighted by molar-refractivity contribution is -0.941. The van der Waals surface area contributed by atoms with Gasteiger partial charge in [-0.2, -0.15) is 0 Å². The van der Waals surface area contributed by atoms with Crippen molar-refractivity contribution in [3.8, 4) is 0 Å². The highest BCUT2D eigenvalue weighted by Crippen LogP contribution is 2.13. The van der Waals surface area contributed by atoms with Crippen molar-refractivity contribution in [1.29, 1.82) is 0 Å². The minimum atomic E-state index is -0.224. The average Bonchev–Trinajstić information content (AvgIpc) is 2.38.